The maximum Gasteiger partial charge on any atom is 0.234 e. The Balaban J connectivity index is 2.23. The first-order valence-corrected chi connectivity index (χ1v) is 6.75. The van der Waals surface area contributed by atoms with Crippen molar-refractivity contribution in [2.75, 3.05) is 39.8 Å². The maximum atomic E-state index is 11.7. The number of rotatable bonds is 6. The van der Waals surface area contributed by atoms with E-state index in [4.69, 9.17) is 0 Å². The Bertz CT molecular complexity index is 229. The van der Waals surface area contributed by atoms with Gasteiger partial charge >= 0.3 is 0 Å². The number of likely N-dealkylation sites (tertiary alicyclic amines) is 1. The molecule has 100 valence electrons. The van der Waals surface area contributed by atoms with Crippen LogP contribution in [0.1, 0.15) is 26.7 Å². The van der Waals surface area contributed by atoms with Crippen molar-refractivity contribution >= 4 is 5.91 Å². The molecular weight excluding hydrogens is 214 g/mol. The van der Waals surface area contributed by atoms with Crippen molar-refractivity contribution < 1.29 is 4.79 Å². The lowest BCUT2D eigenvalue weighted by atomic mass is 9.98. The maximum absolute atomic E-state index is 11.7. The zero-order chi connectivity index (χ0) is 12.7. The highest BCUT2D eigenvalue weighted by Crippen LogP contribution is 2.15. The highest BCUT2D eigenvalue weighted by atomic mass is 16.2. The fourth-order valence-corrected chi connectivity index (χ4v) is 2.33. The fourth-order valence-electron chi connectivity index (χ4n) is 2.33. The summed E-state index contributed by atoms with van der Waals surface area (Å²) in [6.07, 6.45) is 2.49. The summed E-state index contributed by atoms with van der Waals surface area (Å²) < 4.78 is 0. The fraction of sp³-hybridized carbons (Fsp3) is 0.923. The van der Waals surface area contributed by atoms with Crippen LogP contribution in [0.25, 0.3) is 0 Å². The lowest BCUT2D eigenvalue weighted by molar-refractivity contribution is -0.122. The van der Waals surface area contributed by atoms with Crippen LogP contribution in [0.5, 0.6) is 0 Å². The zero-order valence-electron chi connectivity index (χ0n) is 11.5. The van der Waals surface area contributed by atoms with Crippen molar-refractivity contribution in [3.05, 3.63) is 0 Å². The van der Waals surface area contributed by atoms with Crippen LogP contribution in [0, 0.1) is 11.8 Å². The molecule has 0 aliphatic carbocycles. The molecule has 17 heavy (non-hydrogen) atoms. The van der Waals surface area contributed by atoms with Crippen molar-refractivity contribution in [3.63, 3.8) is 0 Å². The van der Waals surface area contributed by atoms with Crippen molar-refractivity contribution in [1.82, 2.24) is 15.5 Å². The van der Waals surface area contributed by atoms with E-state index in [1.54, 1.807) is 0 Å². The summed E-state index contributed by atoms with van der Waals surface area (Å²) in [5.41, 5.74) is 0. The van der Waals surface area contributed by atoms with E-state index in [0.29, 0.717) is 18.4 Å². The summed E-state index contributed by atoms with van der Waals surface area (Å²) in [5, 5.41) is 6.20. The Morgan fingerprint density at radius 1 is 1.47 bits per heavy atom. The molecular formula is C13H27N3O. The SMILES string of the molecule is CNCC1CCCN(CC(=O)NCC(C)C)C1. The van der Waals surface area contributed by atoms with Gasteiger partial charge in [-0.05, 0) is 44.8 Å². The van der Waals surface area contributed by atoms with Gasteiger partial charge in [-0.1, -0.05) is 13.8 Å². The lowest BCUT2D eigenvalue weighted by Gasteiger charge is -2.32. The molecule has 1 atom stereocenters. The van der Waals surface area contributed by atoms with Gasteiger partial charge in [-0.2, -0.15) is 0 Å². The van der Waals surface area contributed by atoms with Gasteiger partial charge < -0.3 is 10.6 Å². The number of amides is 1. The van der Waals surface area contributed by atoms with Crippen molar-refractivity contribution in [1.29, 1.82) is 0 Å². The second-order valence-corrected chi connectivity index (χ2v) is 5.50. The molecule has 1 unspecified atom stereocenters. The van der Waals surface area contributed by atoms with Crippen LogP contribution in [-0.4, -0.2) is 50.6 Å². The number of nitrogens with one attached hydrogen (secondary N) is 2. The average Bonchev–Trinajstić information content (AvgIpc) is 2.27. The van der Waals surface area contributed by atoms with Gasteiger partial charge in [-0.25, -0.2) is 0 Å². The van der Waals surface area contributed by atoms with Gasteiger partial charge in [-0.3, -0.25) is 9.69 Å². The van der Waals surface area contributed by atoms with E-state index in [2.05, 4.69) is 29.4 Å². The standard InChI is InChI=1S/C13H27N3O/c1-11(2)7-15-13(17)10-16-6-4-5-12(9-16)8-14-3/h11-12,14H,4-10H2,1-3H3,(H,15,17). The van der Waals surface area contributed by atoms with Crippen LogP contribution in [0.2, 0.25) is 0 Å². The van der Waals surface area contributed by atoms with Gasteiger partial charge in [0, 0.05) is 13.1 Å². The predicted octanol–water partition coefficient (Wildman–Crippen LogP) is 0.690. The number of carbonyl (C=O) groups is 1. The first kappa shape index (κ1) is 14.5. The van der Waals surface area contributed by atoms with Crippen LogP contribution >= 0.6 is 0 Å². The first-order valence-electron chi connectivity index (χ1n) is 6.75. The number of hydrogen-bond donors (Lipinski definition) is 2. The molecule has 0 bridgehead atoms. The molecule has 1 saturated heterocycles. The average molecular weight is 241 g/mol. The molecule has 0 aromatic rings. The summed E-state index contributed by atoms with van der Waals surface area (Å²) in [6, 6.07) is 0. The van der Waals surface area contributed by atoms with Crippen LogP contribution in [0.4, 0.5) is 0 Å². The normalized spacial score (nSPS) is 21.8. The molecule has 0 saturated carbocycles. The summed E-state index contributed by atoms with van der Waals surface area (Å²) in [4.78, 5) is 14.0. The van der Waals surface area contributed by atoms with Gasteiger partial charge in [-0.15, -0.1) is 0 Å². The van der Waals surface area contributed by atoms with E-state index in [9.17, 15) is 4.79 Å². The Labute approximate surface area is 105 Å². The Morgan fingerprint density at radius 2 is 2.24 bits per heavy atom. The molecule has 1 amide bonds. The molecule has 1 aliphatic rings. The number of hydrogen-bond acceptors (Lipinski definition) is 3. The molecule has 0 aromatic heterocycles. The van der Waals surface area contributed by atoms with E-state index in [0.717, 1.165) is 26.2 Å². The third-order valence-electron chi connectivity index (χ3n) is 3.17. The minimum atomic E-state index is 0.170. The molecule has 0 spiro atoms. The predicted molar refractivity (Wildman–Crippen MR) is 70.9 cm³/mol. The van der Waals surface area contributed by atoms with E-state index in [1.807, 2.05) is 7.05 Å². The molecule has 2 N–H and O–H groups in total. The van der Waals surface area contributed by atoms with Crippen molar-refractivity contribution in [3.8, 4) is 0 Å². The number of nitrogens with zero attached hydrogens (tertiary/aromatic N) is 1. The minimum absolute atomic E-state index is 0.170. The Hall–Kier alpha value is -0.610. The molecule has 0 radical (unpaired) electrons. The second kappa shape index (κ2) is 7.67. The van der Waals surface area contributed by atoms with E-state index in [1.165, 1.54) is 12.8 Å². The molecule has 1 heterocycles. The van der Waals surface area contributed by atoms with Gasteiger partial charge in [0.15, 0.2) is 0 Å². The summed E-state index contributed by atoms with van der Waals surface area (Å²) >= 11 is 0. The van der Waals surface area contributed by atoms with Crippen molar-refractivity contribution in [2.45, 2.75) is 26.7 Å². The second-order valence-electron chi connectivity index (χ2n) is 5.50. The largest absolute Gasteiger partial charge is 0.355 e. The summed E-state index contributed by atoms with van der Waals surface area (Å²) in [5.74, 6) is 1.40. The van der Waals surface area contributed by atoms with Gasteiger partial charge in [0.2, 0.25) is 5.91 Å². The number of carbonyl (C=O) groups excluding carboxylic acids is 1. The van der Waals surface area contributed by atoms with Gasteiger partial charge in [0.05, 0.1) is 6.54 Å². The smallest absolute Gasteiger partial charge is 0.234 e. The van der Waals surface area contributed by atoms with Gasteiger partial charge in [0.1, 0.15) is 0 Å². The van der Waals surface area contributed by atoms with E-state index < -0.39 is 0 Å². The molecule has 1 aliphatic heterocycles. The topological polar surface area (TPSA) is 44.4 Å². The third kappa shape index (κ3) is 6.03. The Morgan fingerprint density at radius 3 is 2.88 bits per heavy atom. The molecule has 4 heteroatoms. The summed E-state index contributed by atoms with van der Waals surface area (Å²) in [6.45, 7) is 8.75. The first-order chi connectivity index (χ1) is 8.11. The molecule has 1 rings (SSSR count). The monoisotopic (exact) mass is 241 g/mol. The van der Waals surface area contributed by atoms with Crippen LogP contribution in [0.3, 0.4) is 0 Å². The van der Waals surface area contributed by atoms with Crippen molar-refractivity contribution in [2.24, 2.45) is 11.8 Å². The zero-order valence-corrected chi connectivity index (χ0v) is 11.5. The molecule has 4 nitrogen and oxygen atoms in total. The van der Waals surface area contributed by atoms with Crippen LogP contribution < -0.4 is 10.6 Å². The Kier molecular flexibility index (Phi) is 6.52. The van der Waals surface area contributed by atoms with Crippen LogP contribution in [0.15, 0.2) is 0 Å². The minimum Gasteiger partial charge on any atom is -0.355 e. The van der Waals surface area contributed by atoms with E-state index >= 15 is 0 Å². The highest BCUT2D eigenvalue weighted by Gasteiger charge is 2.20. The highest BCUT2D eigenvalue weighted by molar-refractivity contribution is 5.78. The molecule has 0 aromatic carbocycles. The lowest BCUT2D eigenvalue weighted by Crippen LogP contribution is -2.44. The number of piperidine rings is 1. The van der Waals surface area contributed by atoms with E-state index in [-0.39, 0.29) is 5.91 Å². The van der Waals surface area contributed by atoms with Gasteiger partial charge in [0.25, 0.3) is 0 Å². The van der Waals surface area contributed by atoms with Crippen LogP contribution in [-0.2, 0) is 4.79 Å². The third-order valence-corrected chi connectivity index (χ3v) is 3.17. The quantitative estimate of drug-likeness (QED) is 0.719. The summed E-state index contributed by atoms with van der Waals surface area (Å²) in [7, 11) is 1.99. The molecule has 1 fully saturated rings.